The van der Waals surface area contributed by atoms with Gasteiger partial charge in [0.1, 0.15) is 0 Å². The topological polar surface area (TPSA) is 80.3 Å². The SMILES string of the molecule is C=C1CC(C(=O)OC)(C(=O)OC)C/C1=C/[Si](OCC)(OCC)OCC. The second-order valence-electron chi connectivity index (χ2n) is 5.59. The molecule has 0 bridgehead atoms. The summed E-state index contributed by atoms with van der Waals surface area (Å²) in [4.78, 5) is 24.6. The number of hydrogen-bond acceptors (Lipinski definition) is 7. The molecule has 0 spiro atoms. The van der Waals surface area contributed by atoms with Gasteiger partial charge in [0, 0.05) is 19.8 Å². The zero-order valence-electron chi connectivity index (χ0n) is 15.7. The van der Waals surface area contributed by atoms with E-state index in [9.17, 15) is 9.59 Å². The molecule has 0 radical (unpaired) electrons. The van der Waals surface area contributed by atoms with Gasteiger partial charge in [-0.05, 0) is 44.9 Å². The second-order valence-corrected chi connectivity index (χ2v) is 7.96. The van der Waals surface area contributed by atoms with Crippen LogP contribution in [0, 0.1) is 5.41 Å². The largest absolute Gasteiger partial charge is 0.529 e. The molecule has 142 valence electrons. The predicted molar refractivity (Wildman–Crippen MR) is 93.6 cm³/mol. The monoisotopic (exact) mass is 372 g/mol. The highest BCUT2D eigenvalue weighted by Gasteiger charge is 2.54. The van der Waals surface area contributed by atoms with Gasteiger partial charge < -0.3 is 22.8 Å². The van der Waals surface area contributed by atoms with Crippen molar-refractivity contribution >= 4 is 20.7 Å². The van der Waals surface area contributed by atoms with Gasteiger partial charge >= 0.3 is 20.7 Å². The van der Waals surface area contributed by atoms with Gasteiger partial charge in [0.05, 0.1) is 14.2 Å². The normalized spacial score (nSPS) is 18.4. The number of allylic oxidation sites excluding steroid dienone is 2. The van der Waals surface area contributed by atoms with Crippen molar-refractivity contribution in [2.24, 2.45) is 5.41 Å². The molecule has 1 aliphatic carbocycles. The number of methoxy groups -OCH3 is 2. The Kier molecular flexibility index (Phi) is 8.00. The first-order valence-corrected chi connectivity index (χ1v) is 10.1. The van der Waals surface area contributed by atoms with E-state index >= 15 is 0 Å². The standard InChI is InChI=1S/C17H28O7Si/c1-7-22-25(23-8-2,24-9-3)12-14-11-17(10-13(14)4,15(18)20-5)16(19)21-6/h12H,4,7-11H2,1-3,5-6H3/b14-12-. The molecule has 0 aliphatic heterocycles. The van der Waals surface area contributed by atoms with E-state index in [2.05, 4.69) is 6.58 Å². The molecule has 0 N–H and O–H groups in total. The number of carbonyl (C=O) groups is 2. The fourth-order valence-electron chi connectivity index (χ4n) is 2.97. The lowest BCUT2D eigenvalue weighted by Gasteiger charge is -2.26. The van der Waals surface area contributed by atoms with Crippen LogP contribution in [0.15, 0.2) is 23.4 Å². The second kappa shape index (κ2) is 9.28. The van der Waals surface area contributed by atoms with Crippen molar-refractivity contribution in [3.8, 4) is 0 Å². The van der Waals surface area contributed by atoms with E-state index in [0.29, 0.717) is 31.0 Å². The summed E-state index contributed by atoms with van der Waals surface area (Å²) >= 11 is 0. The number of rotatable bonds is 9. The molecule has 0 aromatic rings. The fraction of sp³-hybridized carbons (Fsp3) is 0.647. The molecule has 25 heavy (non-hydrogen) atoms. The summed E-state index contributed by atoms with van der Waals surface area (Å²) in [6, 6.07) is 0. The highest BCUT2D eigenvalue weighted by atomic mass is 28.4. The molecule has 0 atom stereocenters. The van der Waals surface area contributed by atoms with Gasteiger partial charge in [0.25, 0.3) is 0 Å². The number of hydrogen-bond donors (Lipinski definition) is 0. The Labute approximate surface area is 150 Å². The molecule has 1 aliphatic rings. The average Bonchev–Trinajstić information content (AvgIpc) is 2.91. The Morgan fingerprint density at radius 3 is 1.80 bits per heavy atom. The minimum absolute atomic E-state index is 0.118. The predicted octanol–water partition coefficient (Wildman–Crippen LogP) is 2.18. The van der Waals surface area contributed by atoms with E-state index in [1.165, 1.54) is 14.2 Å². The molecule has 0 aromatic carbocycles. The maximum atomic E-state index is 12.3. The van der Waals surface area contributed by atoms with Crippen LogP contribution in [0.5, 0.6) is 0 Å². The maximum Gasteiger partial charge on any atom is 0.529 e. The highest BCUT2D eigenvalue weighted by molar-refractivity contribution is 6.66. The summed E-state index contributed by atoms with van der Waals surface area (Å²) in [6.45, 7) is 10.8. The summed E-state index contributed by atoms with van der Waals surface area (Å²) in [7, 11) is -0.588. The lowest BCUT2D eigenvalue weighted by atomic mass is 9.86. The third-order valence-corrected chi connectivity index (χ3v) is 6.78. The van der Waals surface area contributed by atoms with Crippen LogP contribution in [0.4, 0.5) is 0 Å². The molecule has 8 heteroatoms. The Bertz CT molecular complexity index is 508. The van der Waals surface area contributed by atoms with Gasteiger partial charge in [0.2, 0.25) is 0 Å². The summed E-state index contributed by atoms with van der Waals surface area (Å²) in [6.07, 6.45) is 0.250. The van der Waals surface area contributed by atoms with E-state index in [-0.39, 0.29) is 12.8 Å². The van der Waals surface area contributed by atoms with Crippen LogP contribution in [0.3, 0.4) is 0 Å². The number of carbonyl (C=O) groups excluding carboxylic acids is 2. The first-order chi connectivity index (χ1) is 11.8. The highest BCUT2D eigenvalue weighted by Crippen LogP contribution is 2.46. The van der Waals surface area contributed by atoms with Crippen LogP contribution >= 0.6 is 0 Å². The van der Waals surface area contributed by atoms with Crippen molar-refractivity contribution in [3.05, 3.63) is 23.4 Å². The molecular formula is C17H28O7Si. The summed E-state index contributed by atoms with van der Waals surface area (Å²) in [5.41, 5.74) is 1.71. The lowest BCUT2D eigenvalue weighted by Crippen LogP contribution is -2.45. The number of ether oxygens (including phenoxy) is 2. The van der Waals surface area contributed by atoms with Crippen LogP contribution in [0.1, 0.15) is 33.6 Å². The molecule has 0 saturated heterocycles. The maximum absolute atomic E-state index is 12.3. The summed E-state index contributed by atoms with van der Waals surface area (Å²) < 4.78 is 27.1. The third kappa shape index (κ3) is 4.57. The molecular weight excluding hydrogens is 344 g/mol. The Hall–Kier alpha value is -1.48. The first kappa shape index (κ1) is 21.6. The minimum atomic E-state index is -3.08. The Morgan fingerprint density at radius 1 is 1.00 bits per heavy atom. The lowest BCUT2D eigenvalue weighted by molar-refractivity contribution is -0.168. The van der Waals surface area contributed by atoms with E-state index in [1.807, 2.05) is 20.8 Å². The Morgan fingerprint density at radius 2 is 1.44 bits per heavy atom. The Balaban J connectivity index is 3.30. The zero-order valence-corrected chi connectivity index (χ0v) is 16.7. The molecule has 1 rings (SSSR count). The first-order valence-electron chi connectivity index (χ1n) is 8.33. The van der Waals surface area contributed by atoms with Gasteiger partial charge in [-0.2, -0.15) is 0 Å². The smallest absolute Gasteiger partial charge is 0.468 e. The van der Waals surface area contributed by atoms with Crippen molar-refractivity contribution in [1.29, 1.82) is 0 Å². The van der Waals surface area contributed by atoms with Crippen LogP contribution in [0.2, 0.25) is 0 Å². The molecule has 7 nitrogen and oxygen atoms in total. The van der Waals surface area contributed by atoms with E-state index < -0.39 is 26.2 Å². The molecule has 0 amide bonds. The third-order valence-electron chi connectivity index (χ3n) is 4.00. The van der Waals surface area contributed by atoms with Crippen molar-refractivity contribution < 1.29 is 32.3 Å². The minimum Gasteiger partial charge on any atom is -0.468 e. The van der Waals surface area contributed by atoms with E-state index in [4.69, 9.17) is 22.8 Å². The van der Waals surface area contributed by atoms with Crippen LogP contribution in [0.25, 0.3) is 0 Å². The molecule has 0 aromatic heterocycles. The fourth-order valence-corrected chi connectivity index (χ4v) is 5.41. The van der Waals surface area contributed by atoms with Gasteiger partial charge in [-0.3, -0.25) is 9.59 Å². The summed E-state index contributed by atoms with van der Waals surface area (Å²) in [5, 5.41) is 0. The molecule has 0 heterocycles. The van der Waals surface area contributed by atoms with Gasteiger partial charge in [0.15, 0.2) is 5.41 Å². The van der Waals surface area contributed by atoms with Gasteiger partial charge in [-0.25, -0.2) is 0 Å². The van der Waals surface area contributed by atoms with E-state index in [0.717, 1.165) is 0 Å². The summed E-state index contributed by atoms with van der Waals surface area (Å²) in [5.74, 6) is -1.28. The number of esters is 2. The van der Waals surface area contributed by atoms with Crippen molar-refractivity contribution in [2.45, 2.75) is 33.6 Å². The van der Waals surface area contributed by atoms with E-state index in [1.54, 1.807) is 5.70 Å². The molecule has 0 unspecified atom stereocenters. The van der Waals surface area contributed by atoms with Gasteiger partial charge in [-0.1, -0.05) is 12.2 Å². The van der Waals surface area contributed by atoms with Crippen LogP contribution in [-0.4, -0.2) is 54.8 Å². The average molecular weight is 372 g/mol. The molecule has 1 fully saturated rings. The quantitative estimate of drug-likeness (QED) is 0.349. The van der Waals surface area contributed by atoms with Gasteiger partial charge in [-0.15, -0.1) is 0 Å². The van der Waals surface area contributed by atoms with Crippen molar-refractivity contribution in [2.75, 3.05) is 34.0 Å². The van der Waals surface area contributed by atoms with Crippen molar-refractivity contribution in [3.63, 3.8) is 0 Å². The zero-order chi connectivity index (χ0) is 19.1. The van der Waals surface area contributed by atoms with Crippen molar-refractivity contribution in [1.82, 2.24) is 0 Å². The van der Waals surface area contributed by atoms with Crippen LogP contribution < -0.4 is 0 Å². The van der Waals surface area contributed by atoms with Crippen LogP contribution in [-0.2, 0) is 32.3 Å². The molecule has 1 saturated carbocycles.